The van der Waals surface area contributed by atoms with Gasteiger partial charge >= 0.3 is 0 Å². The molecule has 5 heteroatoms. The minimum atomic E-state index is -0.719. The van der Waals surface area contributed by atoms with Gasteiger partial charge in [-0.15, -0.1) is 0 Å². The molecule has 0 spiro atoms. The molecule has 1 aromatic heterocycles. The molecule has 0 saturated heterocycles. The van der Waals surface area contributed by atoms with E-state index in [0.29, 0.717) is 6.29 Å². The van der Waals surface area contributed by atoms with Crippen molar-refractivity contribution in [2.24, 2.45) is 0 Å². The van der Waals surface area contributed by atoms with Crippen LogP contribution in [0.1, 0.15) is 10.4 Å². The Balaban J connectivity index is 3.09. The van der Waals surface area contributed by atoms with Gasteiger partial charge in [0.1, 0.15) is 12.1 Å². The quantitative estimate of drug-likeness (QED) is 0.477. The number of halogens is 2. The molecule has 1 aromatic rings. The van der Waals surface area contributed by atoms with Crippen molar-refractivity contribution < 1.29 is 9.18 Å². The summed E-state index contributed by atoms with van der Waals surface area (Å²) in [5.41, 5.74) is 5.41. The summed E-state index contributed by atoms with van der Waals surface area (Å²) in [6.07, 6.45) is 0.580. The number of hydrogen-bond donors (Lipinski definition) is 1. The minimum Gasteiger partial charge on any atom is -0.384 e. The molecule has 0 aliphatic heterocycles. The second kappa shape index (κ2) is 3.62. The number of carbonyl (C=O) groups excluding carboxylic acids is 1. The number of nitrogens with two attached hydrogens (primary N) is 1. The van der Waals surface area contributed by atoms with Crippen LogP contribution in [0.3, 0.4) is 0 Å². The van der Waals surface area contributed by atoms with Crippen LogP contribution in [-0.4, -0.2) is 11.3 Å². The van der Waals surface area contributed by atoms with Crippen molar-refractivity contribution in [2.45, 2.75) is 4.83 Å². The lowest BCUT2D eigenvalue weighted by molar-refractivity contribution is -0.107. The van der Waals surface area contributed by atoms with Crippen molar-refractivity contribution in [1.82, 2.24) is 4.98 Å². The average molecular weight is 233 g/mol. The molecule has 0 aromatic carbocycles. The molecule has 2 N–H and O–H groups in total. The smallest absolute Gasteiger partial charge is 0.219 e. The molecule has 1 unspecified atom stereocenters. The topological polar surface area (TPSA) is 56.0 Å². The van der Waals surface area contributed by atoms with Crippen molar-refractivity contribution >= 4 is 28.0 Å². The molecule has 12 heavy (non-hydrogen) atoms. The summed E-state index contributed by atoms with van der Waals surface area (Å²) in [7, 11) is 0. The highest BCUT2D eigenvalue weighted by atomic mass is 79.9. The van der Waals surface area contributed by atoms with Crippen LogP contribution in [0.15, 0.2) is 12.1 Å². The number of aldehydes is 1. The van der Waals surface area contributed by atoms with Gasteiger partial charge in [-0.2, -0.15) is 4.39 Å². The van der Waals surface area contributed by atoms with E-state index in [-0.39, 0.29) is 11.4 Å². The van der Waals surface area contributed by atoms with E-state index in [1.165, 1.54) is 12.1 Å². The van der Waals surface area contributed by atoms with Gasteiger partial charge in [-0.3, -0.25) is 0 Å². The van der Waals surface area contributed by atoms with E-state index in [1.54, 1.807) is 0 Å². The van der Waals surface area contributed by atoms with E-state index in [9.17, 15) is 9.18 Å². The molecule has 0 saturated carbocycles. The second-order valence-electron chi connectivity index (χ2n) is 2.15. The maximum atomic E-state index is 12.9. The number of alkyl halides is 1. The Labute approximate surface area is 76.9 Å². The number of rotatable bonds is 2. The number of nitrogens with zero attached hydrogens (tertiary/aromatic N) is 1. The number of hydrogen-bond acceptors (Lipinski definition) is 3. The van der Waals surface area contributed by atoms with Crippen LogP contribution in [0.4, 0.5) is 10.2 Å². The zero-order valence-electron chi connectivity index (χ0n) is 6.00. The first-order valence-electron chi connectivity index (χ1n) is 3.16. The van der Waals surface area contributed by atoms with Crippen molar-refractivity contribution in [2.75, 3.05) is 5.73 Å². The van der Waals surface area contributed by atoms with Crippen LogP contribution in [0.2, 0.25) is 0 Å². The maximum Gasteiger partial charge on any atom is 0.219 e. The summed E-state index contributed by atoms with van der Waals surface area (Å²) in [6.45, 7) is 0. The summed E-state index contributed by atoms with van der Waals surface area (Å²) in [4.78, 5) is 13.0. The first-order valence-corrected chi connectivity index (χ1v) is 4.08. The van der Waals surface area contributed by atoms with E-state index in [0.717, 1.165) is 0 Å². The first kappa shape index (κ1) is 9.12. The molecule has 1 heterocycles. The van der Waals surface area contributed by atoms with Gasteiger partial charge in [-0.25, -0.2) is 4.98 Å². The lowest BCUT2D eigenvalue weighted by Gasteiger charge is -2.02. The Morgan fingerprint density at radius 1 is 1.67 bits per heavy atom. The van der Waals surface area contributed by atoms with Gasteiger partial charge in [0.25, 0.3) is 0 Å². The number of carbonyl (C=O) groups is 1. The summed E-state index contributed by atoms with van der Waals surface area (Å²) in [6, 6.07) is 2.86. The van der Waals surface area contributed by atoms with Gasteiger partial charge < -0.3 is 10.5 Å². The number of pyridine rings is 1. The lowest BCUT2D eigenvalue weighted by atomic mass is 10.2. The number of anilines is 1. The van der Waals surface area contributed by atoms with Crippen LogP contribution in [0.5, 0.6) is 0 Å². The Morgan fingerprint density at radius 2 is 2.33 bits per heavy atom. The van der Waals surface area contributed by atoms with E-state index in [1.807, 2.05) is 0 Å². The van der Waals surface area contributed by atoms with Crippen LogP contribution in [0, 0.1) is 5.95 Å². The van der Waals surface area contributed by atoms with Crippen LogP contribution in [-0.2, 0) is 4.79 Å². The second-order valence-corrected chi connectivity index (χ2v) is 3.14. The monoisotopic (exact) mass is 232 g/mol. The largest absolute Gasteiger partial charge is 0.384 e. The van der Waals surface area contributed by atoms with Gasteiger partial charge in [-0.1, -0.05) is 15.9 Å². The zero-order valence-corrected chi connectivity index (χ0v) is 7.58. The predicted molar refractivity (Wildman–Crippen MR) is 46.3 cm³/mol. The highest BCUT2D eigenvalue weighted by Gasteiger charge is 2.12. The number of aromatic nitrogens is 1. The molecule has 0 amide bonds. The van der Waals surface area contributed by atoms with Gasteiger partial charge in [-0.05, 0) is 12.1 Å². The van der Waals surface area contributed by atoms with E-state index >= 15 is 0 Å². The molecule has 0 bridgehead atoms. The molecule has 0 fully saturated rings. The molecule has 1 atom stereocenters. The Kier molecular flexibility index (Phi) is 2.75. The third kappa shape index (κ3) is 1.79. The SMILES string of the molecule is Nc1ccc(C(Br)C=O)c(F)n1. The Hall–Kier alpha value is -0.970. The highest BCUT2D eigenvalue weighted by Crippen LogP contribution is 2.22. The summed E-state index contributed by atoms with van der Waals surface area (Å²) < 4.78 is 12.9. The summed E-state index contributed by atoms with van der Waals surface area (Å²) in [5, 5.41) is 0. The van der Waals surface area contributed by atoms with Gasteiger partial charge in [0.2, 0.25) is 5.95 Å². The Morgan fingerprint density at radius 3 is 2.83 bits per heavy atom. The van der Waals surface area contributed by atoms with Crippen molar-refractivity contribution in [3.8, 4) is 0 Å². The number of nitrogen functional groups attached to an aromatic ring is 1. The normalized spacial score (nSPS) is 12.5. The van der Waals surface area contributed by atoms with Crippen molar-refractivity contribution in [3.63, 3.8) is 0 Å². The molecule has 0 aliphatic rings. The van der Waals surface area contributed by atoms with Crippen LogP contribution in [0.25, 0.3) is 0 Å². The molecular formula is C7H6BrFN2O. The summed E-state index contributed by atoms with van der Waals surface area (Å²) >= 11 is 2.97. The molecule has 64 valence electrons. The molecule has 1 rings (SSSR count). The molecule has 3 nitrogen and oxygen atoms in total. The molecule has 0 aliphatic carbocycles. The van der Waals surface area contributed by atoms with Gasteiger partial charge in [0.05, 0.1) is 4.83 Å². The molecule has 0 radical (unpaired) electrons. The fourth-order valence-corrected chi connectivity index (χ4v) is 1.08. The average Bonchev–Trinajstić information content (AvgIpc) is 2.03. The lowest BCUT2D eigenvalue weighted by Crippen LogP contribution is -2.00. The van der Waals surface area contributed by atoms with E-state index < -0.39 is 10.8 Å². The fourth-order valence-electron chi connectivity index (χ4n) is 0.738. The zero-order chi connectivity index (χ0) is 9.14. The van der Waals surface area contributed by atoms with E-state index in [4.69, 9.17) is 5.73 Å². The minimum absolute atomic E-state index is 0.0989. The predicted octanol–water partition coefficient (Wildman–Crippen LogP) is 1.44. The maximum absolute atomic E-state index is 12.9. The van der Waals surface area contributed by atoms with Gasteiger partial charge in [0, 0.05) is 5.56 Å². The van der Waals surface area contributed by atoms with Crippen molar-refractivity contribution in [3.05, 3.63) is 23.6 Å². The fraction of sp³-hybridized carbons (Fsp3) is 0.143. The van der Waals surface area contributed by atoms with E-state index in [2.05, 4.69) is 20.9 Å². The van der Waals surface area contributed by atoms with Crippen LogP contribution >= 0.6 is 15.9 Å². The summed E-state index contributed by atoms with van der Waals surface area (Å²) in [5.74, 6) is -0.620. The van der Waals surface area contributed by atoms with Gasteiger partial charge in [0.15, 0.2) is 0 Å². The standard InChI is InChI=1S/C7H6BrFN2O/c8-5(3-12)4-1-2-6(10)11-7(4)9/h1-3,5H,(H2,10,11). The van der Waals surface area contributed by atoms with Crippen molar-refractivity contribution in [1.29, 1.82) is 0 Å². The third-order valence-corrected chi connectivity index (χ3v) is 2.02. The third-order valence-electron chi connectivity index (χ3n) is 1.32. The first-order chi connectivity index (χ1) is 5.65. The highest BCUT2D eigenvalue weighted by molar-refractivity contribution is 9.09. The molecular weight excluding hydrogens is 227 g/mol. The Bertz CT molecular complexity index is 305. The van der Waals surface area contributed by atoms with Crippen LogP contribution < -0.4 is 5.73 Å².